The molecule has 0 saturated carbocycles. The number of sulfonamides is 1. The quantitative estimate of drug-likeness (QED) is 0.853. The van der Waals surface area contributed by atoms with E-state index in [0.717, 1.165) is 16.5 Å². The molecule has 3 rings (SSSR count). The number of aromatic nitrogens is 1. The van der Waals surface area contributed by atoms with Crippen LogP contribution in [0.1, 0.15) is 18.4 Å². The minimum atomic E-state index is -3.61. The van der Waals surface area contributed by atoms with Crippen LogP contribution < -0.4 is 5.14 Å². The Kier molecular flexibility index (Phi) is 4.47. The van der Waals surface area contributed by atoms with E-state index >= 15 is 0 Å². The molecule has 1 atom stereocenters. The second kappa shape index (κ2) is 6.41. The summed E-state index contributed by atoms with van der Waals surface area (Å²) in [5, 5.41) is 5.62. The van der Waals surface area contributed by atoms with Crippen LogP contribution in [0.4, 0.5) is 0 Å². The number of nitrogens with two attached hydrogens (primary N) is 1. The van der Waals surface area contributed by atoms with Gasteiger partial charge in [-0.15, -0.1) is 0 Å². The van der Waals surface area contributed by atoms with Crippen molar-refractivity contribution in [2.45, 2.75) is 18.1 Å². The van der Waals surface area contributed by atoms with E-state index in [1.807, 2.05) is 42.1 Å². The number of benzene rings is 1. The standard InChI is InChI=1S/C17H21N3O3S/c1-19-11-13(15-6-2-3-7-16(15)19)8-9-17(21)20-10-4-5-14(12-20)24(18,22)23/h2-3,6-9,11,14H,4-5,10,12H2,1H3,(H2,18,22,23). The van der Waals surface area contributed by atoms with Crippen molar-refractivity contribution in [3.05, 3.63) is 42.1 Å². The number of hydrogen-bond acceptors (Lipinski definition) is 3. The molecule has 128 valence electrons. The van der Waals surface area contributed by atoms with Crippen LogP contribution in [0, 0.1) is 0 Å². The molecule has 1 amide bonds. The van der Waals surface area contributed by atoms with Crippen molar-refractivity contribution >= 4 is 32.9 Å². The van der Waals surface area contributed by atoms with Crippen molar-refractivity contribution in [2.75, 3.05) is 13.1 Å². The van der Waals surface area contributed by atoms with Crippen LogP contribution in [-0.2, 0) is 21.9 Å². The molecule has 1 unspecified atom stereocenters. The molecule has 2 N–H and O–H groups in total. The molecule has 1 aliphatic rings. The molecular formula is C17H21N3O3S. The largest absolute Gasteiger partial charge is 0.350 e. The molecule has 2 aromatic rings. The fourth-order valence-corrected chi connectivity index (χ4v) is 4.06. The Labute approximate surface area is 141 Å². The van der Waals surface area contributed by atoms with E-state index in [1.165, 1.54) is 6.08 Å². The molecule has 1 aliphatic heterocycles. The topological polar surface area (TPSA) is 85.4 Å². The van der Waals surface area contributed by atoms with Gasteiger partial charge >= 0.3 is 0 Å². The number of aryl methyl sites for hydroxylation is 1. The monoisotopic (exact) mass is 347 g/mol. The zero-order chi connectivity index (χ0) is 17.3. The summed E-state index contributed by atoms with van der Waals surface area (Å²) < 4.78 is 25.0. The Balaban J connectivity index is 1.77. The van der Waals surface area contributed by atoms with Crippen molar-refractivity contribution in [1.82, 2.24) is 9.47 Å². The van der Waals surface area contributed by atoms with E-state index in [-0.39, 0.29) is 12.5 Å². The Morgan fingerprint density at radius 1 is 1.33 bits per heavy atom. The highest BCUT2D eigenvalue weighted by Gasteiger charge is 2.29. The van der Waals surface area contributed by atoms with Gasteiger partial charge in [0.1, 0.15) is 0 Å². The summed E-state index contributed by atoms with van der Waals surface area (Å²) in [5.41, 5.74) is 2.05. The zero-order valence-corrected chi connectivity index (χ0v) is 14.4. The predicted molar refractivity (Wildman–Crippen MR) is 94.7 cm³/mol. The highest BCUT2D eigenvalue weighted by molar-refractivity contribution is 7.89. The Hall–Kier alpha value is -2.12. The number of rotatable bonds is 3. The summed E-state index contributed by atoms with van der Waals surface area (Å²) in [6, 6.07) is 7.97. The number of carbonyl (C=O) groups excluding carboxylic acids is 1. The molecule has 6 nitrogen and oxygen atoms in total. The van der Waals surface area contributed by atoms with Crippen molar-refractivity contribution in [1.29, 1.82) is 0 Å². The highest BCUT2D eigenvalue weighted by atomic mass is 32.2. The van der Waals surface area contributed by atoms with Crippen LogP contribution in [-0.4, -0.2) is 42.1 Å². The molecule has 0 radical (unpaired) electrons. The first-order chi connectivity index (χ1) is 11.4. The second-order valence-electron chi connectivity index (χ2n) is 6.18. The molecule has 24 heavy (non-hydrogen) atoms. The van der Waals surface area contributed by atoms with E-state index in [4.69, 9.17) is 5.14 Å². The molecule has 7 heteroatoms. The number of likely N-dealkylation sites (tertiary alicyclic amines) is 1. The summed E-state index contributed by atoms with van der Waals surface area (Å²) in [7, 11) is -1.65. The van der Waals surface area contributed by atoms with Gasteiger partial charge in [-0.05, 0) is 25.0 Å². The second-order valence-corrected chi connectivity index (χ2v) is 8.03. The molecular weight excluding hydrogens is 326 g/mol. The van der Waals surface area contributed by atoms with Crippen molar-refractivity contribution < 1.29 is 13.2 Å². The first kappa shape index (κ1) is 16.7. The first-order valence-corrected chi connectivity index (χ1v) is 9.50. The number of hydrogen-bond donors (Lipinski definition) is 1. The van der Waals surface area contributed by atoms with Gasteiger partial charge < -0.3 is 9.47 Å². The third kappa shape index (κ3) is 3.37. The minimum Gasteiger partial charge on any atom is -0.350 e. The van der Waals surface area contributed by atoms with Gasteiger partial charge in [0.2, 0.25) is 15.9 Å². The molecule has 1 fully saturated rings. The molecule has 0 spiro atoms. The minimum absolute atomic E-state index is 0.164. The molecule has 1 aromatic carbocycles. The number of fused-ring (bicyclic) bond motifs is 1. The van der Waals surface area contributed by atoms with Gasteiger partial charge in [-0.1, -0.05) is 18.2 Å². The zero-order valence-electron chi connectivity index (χ0n) is 13.6. The van der Waals surface area contributed by atoms with Crippen LogP contribution in [0.2, 0.25) is 0 Å². The Morgan fingerprint density at radius 3 is 2.83 bits per heavy atom. The van der Waals surface area contributed by atoms with Crippen LogP contribution in [0.15, 0.2) is 36.5 Å². The summed E-state index contributed by atoms with van der Waals surface area (Å²) >= 11 is 0. The van der Waals surface area contributed by atoms with Crippen LogP contribution >= 0.6 is 0 Å². The van der Waals surface area contributed by atoms with Gasteiger partial charge in [0, 0.05) is 48.9 Å². The third-order valence-electron chi connectivity index (χ3n) is 4.49. The van der Waals surface area contributed by atoms with Crippen LogP contribution in [0.3, 0.4) is 0 Å². The molecule has 1 aromatic heterocycles. The van der Waals surface area contributed by atoms with Gasteiger partial charge in [0.15, 0.2) is 0 Å². The number of amides is 1. The molecule has 1 saturated heterocycles. The summed E-state index contributed by atoms with van der Waals surface area (Å²) in [4.78, 5) is 13.9. The fourth-order valence-electron chi connectivity index (χ4n) is 3.18. The van der Waals surface area contributed by atoms with E-state index in [1.54, 1.807) is 11.0 Å². The van der Waals surface area contributed by atoms with Gasteiger partial charge in [-0.2, -0.15) is 0 Å². The van der Waals surface area contributed by atoms with Crippen molar-refractivity contribution in [2.24, 2.45) is 12.2 Å². The van der Waals surface area contributed by atoms with Gasteiger partial charge in [0.25, 0.3) is 0 Å². The van der Waals surface area contributed by atoms with Gasteiger partial charge in [-0.3, -0.25) is 4.79 Å². The molecule has 0 bridgehead atoms. The summed E-state index contributed by atoms with van der Waals surface area (Å²) in [6.07, 6.45) is 6.42. The lowest BCUT2D eigenvalue weighted by atomic mass is 10.1. The van der Waals surface area contributed by atoms with Crippen LogP contribution in [0.25, 0.3) is 17.0 Å². The number of para-hydroxylation sites is 1. The number of piperidine rings is 1. The average Bonchev–Trinajstić information content (AvgIpc) is 2.89. The normalized spacial score (nSPS) is 19.2. The van der Waals surface area contributed by atoms with E-state index < -0.39 is 15.3 Å². The fraction of sp³-hybridized carbons (Fsp3) is 0.353. The maximum absolute atomic E-state index is 12.4. The summed E-state index contributed by atoms with van der Waals surface area (Å²) in [6.45, 7) is 0.724. The van der Waals surface area contributed by atoms with Crippen molar-refractivity contribution in [3.8, 4) is 0 Å². The first-order valence-electron chi connectivity index (χ1n) is 7.89. The lowest BCUT2D eigenvalue weighted by molar-refractivity contribution is -0.126. The smallest absolute Gasteiger partial charge is 0.246 e. The number of carbonyl (C=O) groups is 1. The Morgan fingerprint density at radius 2 is 2.08 bits per heavy atom. The molecule has 2 heterocycles. The lowest BCUT2D eigenvalue weighted by Gasteiger charge is -2.30. The van der Waals surface area contributed by atoms with E-state index in [0.29, 0.717) is 19.4 Å². The van der Waals surface area contributed by atoms with E-state index in [2.05, 4.69) is 0 Å². The number of primary sulfonamides is 1. The predicted octanol–water partition coefficient (Wildman–Crippen LogP) is 1.47. The van der Waals surface area contributed by atoms with E-state index in [9.17, 15) is 13.2 Å². The average molecular weight is 347 g/mol. The molecule has 0 aliphatic carbocycles. The number of nitrogens with zero attached hydrogens (tertiary/aromatic N) is 2. The third-order valence-corrected chi connectivity index (χ3v) is 5.80. The van der Waals surface area contributed by atoms with Gasteiger partial charge in [-0.25, -0.2) is 13.6 Å². The SMILES string of the molecule is Cn1cc(C=CC(=O)N2CCCC(S(N)(=O)=O)C2)c2ccccc21. The maximum atomic E-state index is 12.4. The maximum Gasteiger partial charge on any atom is 0.246 e. The van der Waals surface area contributed by atoms with Crippen molar-refractivity contribution in [3.63, 3.8) is 0 Å². The van der Waals surface area contributed by atoms with Gasteiger partial charge in [0.05, 0.1) is 5.25 Å². The van der Waals surface area contributed by atoms with Crippen LogP contribution in [0.5, 0.6) is 0 Å². The highest BCUT2D eigenvalue weighted by Crippen LogP contribution is 2.22. The summed E-state index contributed by atoms with van der Waals surface area (Å²) in [5.74, 6) is -0.184. The Bertz CT molecular complexity index is 899. The lowest BCUT2D eigenvalue weighted by Crippen LogP contribution is -2.46.